The van der Waals surface area contributed by atoms with Gasteiger partial charge < -0.3 is 14.0 Å². The fraction of sp³-hybridized carbons (Fsp3) is 0.625. The summed E-state index contributed by atoms with van der Waals surface area (Å²) in [5.74, 6) is 2.03. The van der Waals surface area contributed by atoms with E-state index in [1.807, 2.05) is 11.8 Å². The normalized spacial score (nSPS) is 20.0. The van der Waals surface area contributed by atoms with Gasteiger partial charge in [-0.1, -0.05) is 24.3 Å². The van der Waals surface area contributed by atoms with Gasteiger partial charge in [-0.2, -0.15) is 11.8 Å². The smallest absolute Gasteiger partial charge is 0.399 e. The highest BCUT2D eigenvalue weighted by atomic mass is 32.2. The minimum atomic E-state index is -0.285. The fourth-order valence-corrected chi connectivity index (χ4v) is 2.94. The van der Waals surface area contributed by atoms with Crippen LogP contribution < -0.4 is 5.46 Å². The van der Waals surface area contributed by atoms with Crippen LogP contribution in [0.25, 0.3) is 0 Å². The quantitative estimate of drug-likeness (QED) is 0.597. The molecule has 0 saturated carbocycles. The lowest BCUT2D eigenvalue weighted by Gasteiger charge is -2.32. The molecule has 0 amide bonds. The molecule has 116 valence electrons. The molecule has 1 heterocycles. The van der Waals surface area contributed by atoms with Crippen molar-refractivity contribution < 1.29 is 14.0 Å². The first kappa shape index (κ1) is 16.9. The van der Waals surface area contributed by atoms with E-state index in [1.54, 1.807) is 7.11 Å². The van der Waals surface area contributed by atoms with E-state index in [-0.39, 0.29) is 18.3 Å². The third kappa shape index (κ3) is 4.04. The number of hydrogen-bond acceptors (Lipinski definition) is 4. The molecule has 21 heavy (non-hydrogen) atoms. The lowest BCUT2D eigenvalue weighted by atomic mass is 9.79. The number of benzene rings is 1. The van der Waals surface area contributed by atoms with Crippen LogP contribution >= 0.6 is 11.8 Å². The van der Waals surface area contributed by atoms with Crippen molar-refractivity contribution in [1.29, 1.82) is 0 Å². The van der Waals surface area contributed by atoms with Gasteiger partial charge in [-0.3, -0.25) is 0 Å². The lowest BCUT2D eigenvalue weighted by molar-refractivity contribution is 0.00578. The third-order valence-electron chi connectivity index (χ3n) is 4.21. The van der Waals surface area contributed by atoms with E-state index < -0.39 is 0 Å². The number of thioether (sulfide) groups is 1. The minimum absolute atomic E-state index is 0.273. The van der Waals surface area contributed by atoms with Crippen molar-refractivity contribution in [2.45, 2.75) is 44.6 Å². The first-order valence-electron chi connectivity index (χ1n) is 7.37. The van der Waals surface area contributed by atoms with Gasteiger partial charge in [0.05, 0.1) is 17.8 Å². The summed E-state index contributed by atoms with van der Waals surface area (Å²) in [7, 11) is 1.46. The number of ether oxygens (including phenoxy) is 1. The van der Waals surface area contributed by atoms with Crippen molar-refractivity contribution in [3.63, 3.8) is 0 Å². The van der Waals surface area contributed by atoms with E-state index in [1.165, 1.54) is 5.56 Å². The van der Waals surface area contributed by atoms with E-state index in [0.717, 1.165) is 23.6 Å². The first-order valence-corrected chi connectivity index (χ1v) is 8.52. The summed E-state index contributed by atoms with van der Waals surface area (Å²) >= 11 is 1.88. The minimum Gasteiger partial charge on any atom is -0.399 e. The van der Waals surface area contributed by atoms with Crippen LogP contribution in [0.2, 0.25) is 0 Å². The Morgan fingerprint density at radius 2 is 1.62 bits per heavy atom. The van der Waals surface area contributed by atoms with Crippen LogP contribution in [-0.4, -0.2) is 37.8 Å². The second-order valence-electron chi connectivity index (χ2n) is 6.38. The molecule has 0 N–H and O–H groups in total. The first-order chi connectivity index (χ1) is 9.86. The fourth-order valence-electron chi connectivity index (χ4n) is 2.08. The van der Waals surface area contributed by atoms with Gasteiger partial charge >= 0.3 is 7.12 Å². The number of methoxy groups -OCH3 is 1. The Labute approximate surface area is 132 Å². The molecule has 0 radical (unpaired) electrons. The molecule has 1 aromatic rings. The molecule has 3 nitrogen and oxygen atoms in total. The van der Waals surface area contributed by atoms with Crippen molar-refractivity contribution in [2.75, 3.05) is 19.5 Å². The molecule has 0 atom stereocenters. The molecule has 0 aromatic heterocycles. The van der Waals surface area contributed by atoms with Crippen molar-refractivity contribution in [3.8, 4) is 0 Å². The van der Waals surface area contributed by atoms with Crippen LogP contribution in [0, 0.1) is 0 Å². The second-order valence-corrected chi connectivity index (χ2v) is 7.48. The molecule has 0 spiro atoms. The van der Waals surface area contributed by atoms with Crippen LogP contribution in [0.5, 0.6) is 0 Å². The average Bonchev–Trinajstić information content (AvgIpc) is 2.64. The summed E-state index contributed by atoms with van der Waals surface area (Å²) in [6.07, 6.45) is 0. The highest BCUT2D eigenvalue weighted by Crippen LogP contribution is 2.36. The third-order valence-corrected chi connectivity index (χ3v) is 5.20. The molecule has 0 bridgehead atoms. The molecule has 1 aliphatic heterocycles. The molecule has 1 aliphatic rings. The summed E-state index contributed by atoms with van der Waals surface area (Å²) in [5, 5.41) is 0. The van der Waals surface area contributed by atoms with Crippen LogP contribution in [0.3, 0.4) is 0 Å². The Morgan fingerprint density at radius 3 is 2.14 bits per heavy atom. The van der Waals surface area contributed by atoms with Crippen LogP contribution in [0.15, 0.2) is 24.3 Å². The van der Waals surface area contributed by atoms with Crippen LogP contribution in [-0.2, 0) is 19.8 Å². The summed E-state index contributed by atoms with van der Waals surface area (Å²) in [5.41, 5.74) is 1.83. The van der Waals surface area contributed by atoms with Crippen molar-refractivity contribution in [2.24, 2.45) is 0 Å². The maximum absolute atomic E-state index is 6.06. The molecule has 0 unspecified atom stereocenters. The zero-order valence-electron chi connectivity index (χ0n) is 13.6. The molecule has 0 aliphatic carbocycles. The van der Waals surface area contributed by atoms with Gasteiger partial charge in [0.15, 0.2) is 0 Å². The molecule has 1 aromatic carbocycles. The number of hydrogen-bond donors (Lipinski definition) is 0. The van der Waals surface area contributed by atoms with Crippen LogP contribution in [0.1, 0.15) is 33.3 Å². The largest absolute Gasteiger partial charge is 0.494 e. The Morgan fingerprint density at radius 1 is 1.05 bits per heavy atom. The Bertz CT molecular complexity index is 443. The zero-order valence-corrected chi connectivity index (χ0v) is 14.5. The van der Waals surface area contributed by atoms with Gasteiger partial charge in [0.2, 0.25) is 0 Å². The van der Waals surface area contributed by atoms with Crippen molar-refractivity contribution in [3.05, 3.63) is 29.8 Å². The summed E-state index contributed by atoms with van der Waals surface area (Å²) < 4.78 is 17.2. The van der Waals surface area contributed by atoms with Crippen molar-refractivity contribution in [1.82, 2.24) is 0 Å². The van der Waals surface area contributed by atoms with E-state index in [2.05, 4.69) is 52.0 Å². The van der Waals surface area contributed by atoms with Crippen molar-refractivity contribution >= 4 is 24.3 Å². The van der Waals surface area contributed by atoms with Gasteiger partial charge in [0.25, 0.3) is 0 Å². The maximum Gasteiger partial charge on any atom is 0.494 e. The summed E-state index contributed by atoms with van der Waals surface area (Å²) in [4.78, 5) is 0. The zero-order chi connectivity index (χ0) is 15.5. The van der Waals surface area contributed by atoms with E-state index in [9.17, 15) is 0 Å². The molecule has 1 saturated heterocycles. The molecular formula is C16H25BO3S. The van der Waals surface area contributed by atoms with Gasteiger partial charge in [-0.05, 0) is 38.7 Å². The number of rotatable bonds is 6. The predicted molar refractivity (Wildman–Crippen MR) is 90.2 cm³/mol. The Balaban J connectivity index is 1.94. The standard InChI is InChI=1S/C16H25BO3S/c1-15(2)16(3,4)20-17(19-15)14-8-6-13(7-9-14)12-21-11-10-18-5/h6-9H,10-12H2,1-5H3. The molecule has 1 fully saturated rings. The highest BCUT2D eigenvalue weighted by molar-refractivity contribution is 7.98. The summed E-state index contributed by atoms with van der Waals surface area (Å²) in [6.45, 7) is 9.11. The van der Waals surface area contributed by atoms with Gasteiger partial charge in [-0.25, -0.2) is 0 Å². The average molecular weight is 308 g/mol. The highest BCUT2D eigenvalue weighted by Gasteiger charge is 2.51. The topological polar surface area (TPSA) is 27.7 Å². The summed E-state index contributed by atoms with van der Waals surface area (Å²) in [6, 6.07) is 8.52. The Kier molecular flexibility index (Phi) is 5.41. The predicted octanol–water partition coefficient (Wildman–Crippen LogP) is 2.87. The second kappa shape index (κ2) is 6.74. The van der Waals surface area contributed by atoms with Gasteiger partial charge in [0, 0.05) is 18.6 Å². The SMILES string of the molecule is COCCSCc1ccc(B2OC(C)(C)C(C)(C)O2)cc1. The lowest BCUT2D eigenvalue weighted by Crippen LogP contribution is -2.41. The van der Waals surface area contributed by atoms with Gasteiger partial charge in [0.1, 0.15) is 0 Å². The molecular weight excluding hydrogens is 283 g/mol. The molecule has 2 rings (SSSR count). The van der Waals surface area contributed by atoms with E-state index in [0.29, 0.717) is 0 Å². The van der Waals surface area contributed by atoms with E-state index >= 15 is 0 Å². The van der Waals surface area contributed by atoms with E-state index in [4.69, 9.17) is 14.0 Å². The molecule has 5 heteroatoms. The van der Waals surface area contributed by atoms with Crippen LogP contribution in [0.4, 0.5) is 0 Å². The van der Waals surface area contributed by atoms with Gasteiger partial charge in [-0.15, -0.1) is 0 Å². The maximum atomic E-state index is 6.06. The Hall–Kier alpha value is -0.485. The monoisotopic (exact) mass is 308 g/mol.